The molecular weight excluding hydrogens is 278 g/mol. The molecule has 2 nitrogen and oxygen atoms in total. The Kier molecular flexibility index (Phi) is 5.14. The van der Waals surface area contributed by atoms with Gasteiger partial charge in [-0.3, -0.25) is 0 Å². The number of benzene rings is 2. The minimum atomic E-state index is 0.0773. The second-order valence-electron chi connectivity index (χ2n) is 4.40. The van der Waals surface area contributed by atoms with Gasteiger partial charge in [0.15, 0.2) is 0 Å². The number of hydrogen-bond acceptors (Lipinski definition) is 3. The summed E-state index contributed by atoms with van der Waals surface area (Å²) in [4.78, 5) is 1.13. The first-order chi connectivity index (χ1) is 9.13. The Hall–Kier alpha value is -1.16. The van der Waals surface area contributed by atoms with Crippen LogP contribution in [0.15, 0.2) is 53.4 Å². The van der Waals surface area contributed by atoms with Crippen LogP contribution in [0.5, 0.6) is 5.75 Å². The molecule has 0 fully saturated rings. The first kappa shape index (κ1) is 14.3. The van der Waals surface area contributed by atoms with E-state index in [0.717, 1.165) is 27.7 Å². The van der Waals surface area contributed by atoms with Crippen LogP contribution in [0, 0.1) is 0 Å². The van der Waals surface area contributed by atoms with Crippen LogP contribution in [-0.4, -0.2) is 16.9 Å². The van der Waals surface area contributed by atoms with E-state index in [-0.39, 0.29) is 11.8 Å². The summed E-state index contributed by atoms with van der Waals surface area (Å²) in [5, 5.41) is 9.97. The number of rotatable bonds is 5. The zero-order valence-corrected chi connectivity index (χ0v) is 12.0. The summed E-state index contributed by atoms with van der Waals surface area (Å²) in [7, 11) is 0. The molecule has 2 aromatic carbocycles. The van der Waals surface area contributed by atoms with Crippen LogP contribution in [-0.2, 0) is 6.42 Å². The molecule has 2 aromatic rings. The molecule has 0 heterocycles. The van der Waals surface area contributed by atoms with Crippen LogP contribution < -0.4 is 5.73 Å². The Morgan fingerprint density at radius 2 is 1.89 bits per heavy atom. The van der Waals surface area contributed by atoms with Crippen LogP contribution in [0.1, 0.15) is 5.56 Å². The van der Waals surface area contributed by atoms with Gasteiger partial charge < -0.3 is 10.8 Å². The van der Waals surface area contributed by atoms with Crippen molar-refractivity contribution in [3.05, 3.63) is 59.1 Å². The van der Waals surface area contributed by atoms with Gasteiger partial charge >= 0.3 is 0 Å². The fourth-order valence-corrected chi connectivity index (χ4v) is 2.92. The summed E-state index contributed by atoms with van der Waals surface area (Å²) >= 11 is 7.64. The molecule has 4 heteroatoms. The van der Waals surface area contributed by atoms with Crippen molar-refractivity contribution in [2.75, 3.05) is 5.75 Å². The van der Waals surface area contributed by atoms with Crippen molar-refractivity contribution in [3.63, 3.8) is 0 Å². The van der Waals surface area contributed by atoms with Crippen molar-refractivity contribution >= 4 is 23.4 Å². The van der Waals surface area contributed by atoms with E-state index in [0.29, 0.717) is 0 Å². The average molecular weight is 294 g/mol. The normalized spacial score (nSPS) is 12.3. The highest BCUT2D eigenvalue weighted by Crippen LogP contribution is 2.22. The Morgan fingerprint density at radius 1 is 1.16 bits per heavy atom. The first-order valence-corrected chi connectivity index (χ1v) is 7.42. The van der Waals surface area contributed by atoms with Crippen LogP contribution in [0.2, 0.25) is 5.02 Å². The standard InChI is InChI=1S/C15H16ClNOS/c16-12-2-1-3-15(9-12)19-10-13(17)8-11-4-6-14(18)7-5-11/h1-7,9,13,18H,8,10,17H2. The predicted molar refractivity (Wildman–Crippen MR) is 82.0 cm³/mol. The fraction of sp³-hybridized carbons (Fsp3) is 0.200. The molecule has 0 bridgehead atoms. The maximum absolute atomic E-state index is 9.22. The van der Waals surface area contributed by atoms with Gasteiger partial charge in [-0.1, -0.05) is 29.8 Å². The van der Waals surface area contributed by atoms with Crippen molar-refractivity contribution in [2.45, 2.75) is 17.4 Å². The van der Waals surface area contributed by atoms with Gasteiger partial charge in [0.2, 0.25) is 0 Å². The number of halogens is 1. The fourth-order valence-electron chi connectivity index (χ4n) is 1.75. The Bertz CT molecular complexity index is 530. The van der Waals surface area contributed by atoms with E-state index in [4.69, 9.17) is 17.3 Å². The van der Waals surface area contributed by atoms with Gasteiger partial charge in [0.25, 0.3) is 0 Å². The van der Waals surface area contributed by atoms with Gasteiger partial charge in [-0.15, -0.1) is 11.8 Å². The largest absolute Gasteiger partial charge is 0.508 e. The molecule has 0 spiro atoms. The van der Waals surface area contributed by atoms with Gasteiger partial charge in [-0.2, -0.15) is 0 Å². The van der Waals surface area contributed by atoms with E-state index in [2.05, 4.69) is 0 Å². The van der Waals surface area contributed by atoms with Gasteiger partial charge in [0.1, 0.15) is 5.75 Å². The van der Waals surface area contributed by atoms with Crippen LogP contribution in [0.3, 0.4) is 0 Å². The third-order valence-electron chi connectivity index (χ3n) is 2.69. The van der Waals surface area contributed by atoms with Crippen LogP contribution >= 0.6 is 23.4 Å². The molecule has 3 N–H and O–H groups in total. The van der Waals surface area contributed by atoms with E-state index in [1.54, 1.807) is 23.9 Å². The molecule has 100 valence electrons. The van der Waals surface area contributed by atoms with E-state index in [1.165, 1.54) is 0 Å². The van der Waals surface area contributed by atoms with Crippen LogP contribution in [0.4, 0.5) is 0 Å². The smallest absolute Gasteiger partial charge is 0.115 e. The Labute approximate surface area is 122 Å². The van der Waals surface area contributed by atoms with E-state index >= 15 is 0 Å². The molecule has 1 unspecified atom stereocenters. The Morgan fingerprint density at radius 3 is 2.58 bits per heavy atom. The average Bonchev–Trinajstić information content (AvgIpc) is 2.39. The summed E-state index contributed by atoms with van der Waals surface area (Å²) in [5.41, 5.74) is 7.25. The number of phenolic OH excluding ortho intramolecular Hbond substituents is 1. The lowest BCUT2D eigenvalue weighted by atomic mass is 10.1. The van der Waals surface area contributed by atoms with E-state index in [9.17, 15) is 5.11 Å². The minimum Gasteiger partial charge on any atom is -0.508 e. The molecule has 2 rings (SSSR count). The zero-order chi connectivity index (χ0) is 13.7. The monoisotopic (exact) mass is 293 g/mol. The molecule has 0 saturated carbocycles. The third kappa shape index (κ3) is 4.78. The molecule has 0 aliphatic rings. The lowest BCUT2D eigenvalue weighted by Crippen LogP contribution is -2.25. The highest BCUT2D eigenvalue weighted by atomic mass is 35.5. The minimum absolute atomic E-state index is 0.0773. The van der Waals surface area contributed by atoms with Crippen molar-refractivity contribution in [2.24, 2.45) is 5.73 Å². The van der Waals surface area contributed by atoms with Crippen molar-refractivity contribution < 1.29 is 5.11 Å². The molecule has 0 saturated heterocycles. The maximum atomic E-state index is 9.22. The van der Waals surface area contributed by atoms with Crippen LogP contribution in [0.25, 0.3) is 0 Å². The quantitative estimate of drug-likeness (QED) is 0.826. The number of nitrogens with two attached hydrogens (primary N) is 1. The van der Waals surface area contributed by atoms with E-state index in [1.807, 2.05) is 36.4 Å². The van der Waals surface area contributed by atoms with Gasteiger partial charge in [-0.25, -0.2) is 0 Å². The van der Waals surface area contributed by atoms with Crippen molar-refractivity contribution in [1.82, 2.24) is 0 Å². The summed E-state index contributed by atoms with van der Waals surface area (Å²) in [6, 6.07) is 15.0. The first-order valence-electron chi connectivity index (χ1n) is 6.05. The van der Waals surface area contributed by atoms with Gasteiger partial charge in [0.05, 0.1) is 0 Å². The third-order valence-corrected chi connectivity index (χ3v) is 4.11. The molecule has 0 aliphatic heterocycles. The summed E-state index contributed by atoms with van der Waals surface area (Å²) in [5.74, 6) is 1.12. The summed E-state index contributed by atoms with van der Waals surface area (Å²) < 4.78 is 0. The summed E-state index contributed by atoms with van der Waals surface area (Å²) in [6.07, 6.45) is 0.799. The molecule has 1 atom stereocenters. The summed E-state index contributed by atoms with van der Waals surface area (Å²) in [6.45, 7) is 0. The Balaban J connectivity index is 1.84. The number of aromatic hydroxyl groups is 1. The van der Waals surface area contributed by atoms with Gasteiger partial charge in [0, 0.05) is 21.7 Å². The van der Waals surface area contributed by atoms with Crippen molar-refractivity contribution in [1.29, 1.82) is 0 Å². The molecular formula is C15H16ClNOS. The highest BCUT2D eigenvalue weighted by molar-refractivity contribution is 7.99. The van der Waals surface area contributed by atoms with E-state index < -0.39 is 0 Å². The molecule has 0 amide bonds. The molecule has 0 aliphatic carbocycles. The second-order valence-corrected chi connectivity index (χ2v) is 5.93. The van der Waals surface area contributed by atoms with Crippen molar-refractivity contribution in [3.8, 4) is 5.75 Å². The zero-order valence-electron chi connectivity index (χ0n) is 10.4. The number of phenols is 1. The number of thioether (sulfide) groups is 1. The number of hydrogen-bond donors (Lipinski definition) is 2. The molecule has 19 heavy (non-hydrogen) atoms. The maximum Gasteiger partial charge on any atom is 0.115 e. The lowest BCUT2D eigenvalue weighted by Gasteiger charge is -2.11. The predicted octanol–water partition coefficient (Wildman–Crippen LogP) is 3.71. The lowest BCUT2D eigenvalue weighted by molar-refractivity contribution is 0.475. The van der Waals surface area contributed by atoms with Gasteiger partial charge in [-0.05, 0) is 42.3 Å². The SMILES string of the molecule is NC(CSc1cccc(Cl)c1)Cc1ccc(O)cc1. The second kappa shape index (κ2) is 6.85. The molecule has 0 aromatic heterocycles. The topological polar surface area (TPSA) is 46.2 Å². The highest BCUT2D eigenvalue weighted by Gasteiger charge is 2.05. The molecule has 0 radical (unpaired) electrons.